The summed E-state index contributed by atoms with van der Waals surface area (Å²) in [6.07, 6.45) is 1.33. The van der Waals surface area contributed by atoms with Gasteiger partial charge < -0.3 is 15.2 Å². The first-order valence-electron chi connectivity index (χ1n) is 6.02. The molecular formula is C13H19NO3S. The first-order chi connectivity index (χ1) is 8.45. The molecule has 0 bridgehead atoms. The minimum absolute atomic E-state index is 0.141. The molecule has 2 N–H and O–H groups in total. The predicted octanol–water partition coefficient (Wildman–Crippen LogP) is 2.35. The van der Waals surface area contributed by atoms with E-state index >= 15 is 0 Å². The molecule has 0 amide bonds. The summed E-state index contributed by atoms with van der Waals surface area (Å²) >= 11 is 1.49. The number of nitrogens with one attached hydrogen (secondary N) is 1. The summed E-state index contributed by atoms with van der Waals surface area (Å²) in [6, 6.07) is 2.16. The fourth-order valence-electron chi connectivity index (χ4n) is 2.44. The van der Waals surface area contributed by atoms with Gasteiger partial charge in [-0.3, -0.25) is 0 Å². The van der Waals surface area contributed by atoms with Crippen LogP contribution in [0, 0.1) is 5.41 Å². The van der Waals surface area contributed by atoms with Crippen LogP contribution >= 0.6 is 11.3 Å². The molecule has 1 aliphatic carbocycles. The fourth-order valence-corrected chi connectivity index (χ4v) is 3.25. The Labute approximate surface area is 111 Å². The maximum atomic E-state index is 10.8. The zero-order valence-electron chi connectivity index (χ0n) is 10.9. The summed E-state index contributed by atoms with van der Waals surface area (Å²) in [5.74, 6) is -0.860. The number of aromatic carboxylic acids is 1. The van der Waals surface area contributed by atoms with Crippen molar-refractivity contribution in [3.05, 3.63) is 21.9 Å². The third-order valence-corrected chi connectivity index (χ3v) is 4.82. The molecular weight excluding hydrogens is 250 g/mol. The Morgan fingerprint density at radius 1 is 1.67 bits per heavy atom. The molecule has 1 heterocycles. The van der Waals surface area contributed by atoms with Crippen LogP contribution in [-0.4, -0.2) is 30.3 Å². The molecule has 1 saturated carbocycles. The van der Waals surface area contributed by atoms with Crippen LogP contribution in [0.2, 0.25) is 0 Å². The topological polar surface area (TPSA) is 58.6 Å². The lowest BCUT2D eigenvalue weighted by Crippen LogP contribution is -2.60. The maximum absolute atomic E-state index is 10.8. The van der Waals surface area contributed by atoms with E-state index in [2.05, 4.69) is 19.2 Å². The van der Waals surface area contributed by atoms with Crippen LogP contribution in [0.25, 0.3) is 0 Å². The van der Waals surface area contributed by atoms with E-state index in [-0.39, 0.29) is 5.41 Å². The van der Waals surface area contributed by atoms with E-state index in [1.54, 1.807) is 18.6 Å². The molecule has 0 aromatic carbocycles. The molecule has 1 aromatic heterocycles. The fraction of sp³-hybridized carbons (Fsp3) is 0.615. The lowest BCUT2D eigenvalue weighted by molar-refractivity contribution is -0.0978. The van der Waals surface area contributed by atoms with Gasteiger partial charge in [0.25, 0.3) is 0 Å². The van der Waals surface area contributed by atoms with Gasteiger partial charge >= 0.3 is 5.97 Å². The number of carboxylic acid groups (broad SMARTS) is 1. The number of rotatable bonds is 5. The van der Waals surface area contributed by atoms with Gasteiger partial charge in [-0.05, 0) is 12.5 Å². The number of carbonyl (C=O) groups is 1. The van der Waals surface area contributed by atoms with Gasteiger partial charge in [0.1, 0.15) is 0 Å². The van der Waals surface area contributed by atoms with E-state index in [4.69, 9.17) is 9.84 Å². The predicted molar refractivity (Wildman–Crippen MR) is 71.1 cm³/mol. The quantitative estimate of drug-likeness (QED) is 0.861. The van der Waals surface area contributed by atoms with Crippen LogP contribution in [0.1, 0.15) is 35.5 Å². The summed E-state index contributed by atoms with van der Waals surface area (Å²) in [7, 11) is 1.75. The first kappa shape index (κ1) is 13.5. The Morgan fingerprint density at radius 3 is 2.89 bits per heavy atom. The second kappa shape index (κ2) is 4.99. The zero-order valence-corrected chi connectivity index (χ0v) is 11.7. The number of hydrogen-bond acceptors (Lipinski definition) is 4. The van der Waals surface area contributed by atoms with E-state index in [0.29, 0.717) is 17.7 Å². The van der Waals surface area contributed by atoms with E-state index < -0.39 is 5.97 Å². The highest BCUT2D eigenvalue weighted by Crippen LogP contribution is 2.42. The van der Waals surface area contributed by atoms with Crippen molar-refractivity contribution in [2.45, 2.75) is 39.0 Å². The Morgan fingerprint density at radius 2 is 2.39 bits per heavy atom. The number of hydrogen-bond donors (Lipinski definition) is 2. The van der Waals surface area contributed by atoms with Gasteiger partial charge in [-0.25, -0.2) is 4.79 Å². The van der Waals surface area contributed by atoms with Gasteiger partial charge in [0.15, 0.2) is 0 Å². The minimum Gasteiger partial charge on any atom is -0.478 e. The van der Waals surface area contributed by atoms with Gasteiger partial charge in [-0.1, -0.05) is 13.8 Å². The minimum atomic E-state index is -0.860. The standard InChI is InChI=1S/C13H19NO3S/c1-13(2)10(5-11(13)17-3)14-6-9-4-8(7-18-9)12(15)16/h4,7,10-11,14H,5-6H2,1-3H3,(H,15,16). The molecule has 0 radical (unpaired) electrons. The molecule has 0 spiro atoms. The average molecular weight is 269 g/mol. The molecule has 2 atom stereocenters. The molecule has 1 aliphatic rings. The molecule has 4 nitrogen and oxygen atoms in total. The van der Waals surface area contributed by atoms with Crippen LogP contribution in [0.4, 0.5) is 0 Å². The zero-order chi connectivity index (χ0) is 13.3. The molecule has 0 saturated heterocycles. The molecule has 1 fully saturated rings. The number of thiophene rings is 1. The molecule has 2 rings (SSSR count). The third-order valence-electron chi connectivity index (χ3n) is 3.89. The summed E-state index contributed by atoms with van der Waals surface area (Å²) in [4.78, 5) is 11.8. The normalized spacial score (nSPS) is 25.7. The molecule has 18 heavy (non-hydrogen) atoms. The van der Waals surface area contributed by atoms with Gasteiger partial charge in [0.05, 0.1) is 11.7 Å². The van der Waals surface area contributed by atoms with Gasteiger partial charge in [-0.15, -0.1) is 11.3 Å². The molecule has 1 aromatic rings. The molecule has 5 heteroatoms. The lowest BCUT2D eigenvalue weighted by atomic mass is 9.64. The monoisotopic (exact) mass is 269 g/mol. The van der Waals surface area contributed by atoms with E-state index in [1.807, 2.05) is 0 Å². The Hall–Kier alpha value is -0.910. The van der Waals surface area contributed by atoms with E-state index in [0.717, 1.165) is 17.8 Å². The van der Waals surface area contributed by atoms with Crippen LogP contribution < -0.4 is 5.32 Å². The van der Waals surface area contributed by atoms with Crippen molar-refractivity contribution in [2.75, 3.05) is 7.11 Å². The number of ether oxygens (including phenoxy) is 1. The van der Waals surface area contributed by atoms with Crippen LogP contribution in [-0.2, 0) is 11.3 Å². The number of carboxylic acids is 1. The summed E-state index contributed by atoms with van der Waals surface area (Å²) in [5.41, 5.74) is 0.515. The highest BCUT2D eigenvalue weighted by Gasteiger charge is 2.48. The van der Waals surface area contributed by atoms with Gasteiger partial charge in [0, 0.05) is 35.4 Å². The maximum Gasteiger partial charge on any atom is 0.336 e. The Bertz CT molecular complexity index is 441. The number of methoxy groups -OCH3 is 1. The van der Waals surface area contributed by atoms with E-state index in [1.165, 1.54) is 11.3 Å². The van der Waals surface area contributed by atoms with Crippen molar-refractivity contribution in [2.24, 2.45) is 5.41 Å². The third kappa shape index (κ3) is 2.43. The van der Waals surface area contributed by atoms with Gasteiger partial charge in [-0.2, -0.15) is 0 Å². The summed E-state index contributed by atoms with van der Waals surface area (Å²) in [6.45, 7) is 5.11. The SMILES string of the molecule is COC1CC(NCc2cc(C(=O)O)cs2)C1(C)C. The van der Waals surface area contributed by atoms with Gasteiger partial charge in [0.2, 0.25) is 0 Å². The molecule has 2 unspecified atom stereocenters. The van der Waals surface area contributed by atoms with Crippen molar-refractivity contribution in [1.29, 1.82) is 0 Å². The first-order valence-corrected chi connectivity index (χ1v) is 6.90. The molecule has 0 aliphatic heterocycles. The van der Waals surface area contributed by atoms with Crippen molar-refractivity contribution in [1.82, 2.24) is 5.32 Å². The van der Waals surface area contributed by atoms with Crippen molar-refractivity contribution in [3.63, 3.8) is 0 Å². The highest BCUT2D eigenvalue weighted by molar-refractivity contribution is 7.10. The van der Waals surface area contributed by atoms with Crippen LogP contribution in [0.3, 0.4) is 0 Å². The van der Waals surface area contributed by atoms with Crippen molar-refractivity contribution in [3.8, 4) is 0 Å². The smallest absolute Gasteiger partial charge is 0.336 e. The summed E-state index contributed by atoms with van der Waals surface area (Å²) < 4.78 is 5.40. The molecule has 100 valence electrons. The Kier molecular flexibility index (Phi) is 3.75. The summed E-state index contributed by atoms with van der Waals surface area (Å²) in [5, 5.41) is 14.0. The van der Waals surface area contributed by atoms with Crippen molar-refractivity contribution >= 4 is 17.3 Å². The van der Waals surface area contributed by atoms with Crippen LogP contribution in [0.5, 0.6) is 0 Å². The average Bonchev–Trinajstić information content (AvgIpc) is 2.76. The Balaban J connectivity index is 1.87. The second-order valence-electron chi connectivity index (χ2n) is 5.32. The second-order valence-corrected chi connectivity index (χ2v) is 6.32. The van der Waals surface area contributed by atoms with Crippen molar-refractivity contribution < 1.29 is 14.6 Å². The largest absolute Gasteiger partial charge is 0.478 e. The van der Waals surface area contributed by atoms with E-state index in [9.17, 15) is 4.79 Å². The van der Waals surface area contributed by atoms with Crippen LogP contribution in [0.15, 0.2) is 11.4 Å². The highest BCUT2D eigenvalue weighted by atomic mass is 32.1. The lowest BCUT2D eigenvalue weighted by Gasteiger charge is -2.51.